The maximum Gasteiger partial charge on any atom is 0.289 e. The Balaban J connectivity index is 1.86. The first-order chi connectivity index (χ1) is 9.56. The Bertz CT molecular complexity index is 695. The molecule has 0 saturated carbocycles. The van der Waals surface area contributed by atoms with Gasteiger partial charge < -0.3 is 15.1 Å². The second-order valence-electron chi connectivity index (χ2n) is 4.91. The van der Waals surface area contributed by atoms with Crippen molar-refractivity contribution in [2.24, 2.45) is 11.7 Å². The van der Waals surface area contributed by atoms with Crippen LogP contribution < -0.4 is 5.73 Å². The number of para-hydroxylation sites is 1. The molecule has 1 aromatic carbocycles. The molecule has 1 fully saturated rings. The third-order valence-electron chi connectivity index (χ3n) is 3.58. The van der Waals surface area contributed by atoms with E-state index in [1.54, 1.807) is 11.0 Å². The normalized spacial score (nSPS) is 18.6. The number of hydrogen-bond donors (Lipinski definition) is 1. The summed E-state index contributed by atoms with van der Waals surface area (Å²) in [4.78, 5) is 25.1. The van der Waals surface area contributed by atoms with Crippen LogP contribution in [0.1, 0.15) is 17.0 Å². The number of carbonyl (C=O) groups excluding carboxylic acids is 2. The van der Waals surface area contributed by atoms with E-state index < -0.39 is 0 Å². The van der Waals surface area contributed by atoms with Crippen LogP contribution in [0.25, 0.3) is 11.0 Å². The topological polar surface area (TPSA) is 76.5 Å². The Labute approximate surface area is 123 Å². The van der Waals surface area contributed by atoms with Crippen molar-refractivity contribution in [3.63, 3.8) is 0 Å². The maximum atomic E-state index is 12.4. The average Bonchev–Trinajstić information content (AvgIpc) is 3.05. The van der Waals surface area contributed by atoms with E-state index >= 15 is 0 Å². The quantitative estimate of drug-likeness (QED) is 0.912. The summed E-state index contributed by atoms with van der Waals surface area (Å²) in [6, 6.07) is 7.35. The molecule has 0 spiro atoms. The summed E-state index contributed by atoms with van der Waals surface area (Å²) in [5.74, 6) is -0.517. The van der Waals surface area contributed by atoms with Crippen LogP contribution in [0, 0.1) is 5.92 Å². The van der Waals surface area contributed by atoms with Crippen molar-refractivity contribution in [3.05, 3.63) is 34.5 Å². The molecule has 2 heterocycles. The zero-order chi connectivity index (χ0) is 14.3. The Morgan fingerprint density at radius 2 is 2.20 bits per heavy atom. The lowest BCUT2D eigenvalue weighted by molar-refractivity contribution is -0.121. The van der Waals surface area contributed by atoms with Gasteiger partial charge in [0.05, 0.1) is 10.4 Å². The van der Waals surface area contributed by atoms with Gasteiger partial charge in [-0.15, -0.1) is 0 Å². The molecule has 5 nitrogen and oxygen atoms in total. The number of furan rings is 1. The number of nitrogens with zero attached hydrogens (tertiary/aromatic N) is 1. The van der Waals surface area contributed by atoms with Gasteiger partial charge >= 0.3 is 0 Å². The molecule has 0 unspecified atom stereocenters. The highest BCUT2D eigenvalue weighted by molar-refractivity contribution is 9.10. The highest BCUT2D eigenvalue weighted by Gasteiger charge is 2.31. The van der Waals surface area contributed by atoms with Crippen molar-refractivity contribution in [1.29, 1.82) is 0 Å². The maximum absolute atomic E-state index is 12.4. The molecule has 1 saturated heterocycles. The van der Waals surface area contributed by atoms with Gasteiger partial charge in [0, 0.05) is 18.5 Å². The number of carbonyl (C=O) groups is 2. The average molecular weight is 337 g/mol. The van der Waals surface area contributed by atoms with Crippen LogP contribution in [-0.2, 0) is 4.79 Å². The fraction of sp³-hybridized carbons (Fsp3) is 0.286. The number of hydrogen-bond acceptors (Lipinski definition) is 3. The number of benzene rings is 1. The van der Waals surface area contributed by atoms with Gasteiger partial charge in [-0.1, -0.05) is 12.1 Å². The van der Waals surface area contributed by atoms with Crippen molar-refractivity contribution in [2.75, 3.05) is 13.1 Å². The highest BCUT2D eigenvalue weighted by atomic mass is 79.9. The Morgan fingerprint density at radius 3 is 2.85 bits per heavy atom. The molecule has 3 rings (SSSR count). The van der Waals surface area contributed by atoms with Gasteiger partial charge in [0.15, 0.2) is 5.76 Å². The van der Waals surface area contributed by atoms with Gasteiger partial charge in [-0.3, -0.25) is 9.59 Å². The third kappa shape index (κ3) is 2.20. The van der Waals surface area contributed by atoms with Gasteiger partial charge in [0.2, 0.25) is 5.91 Å². The molecule has 1 aromatic heterocycles. The van der Waals surface area contributed by atoms with Crippen LogP contribution >= 0.6 is 15.9 Å². The van der Waals surface area contributed by atoms with Gasteiger partial charge in [-0.25, -0.2) is 0 Å². The van der Waals surface area contributed by atoms with Gasteiger partial charge in [0.1, 0.15) is 5.58 Å². The predicted molar refractivity (Wildman–Crippen MR) is 77.1 cm³/mol. The lowest BCUT2D eigenvalue weighted by Crippen LogP contribution is -2.31. The molecule has 104 valence electrons. The SMILES string of the molecule is NC(=O)[C@H]1CCN(C(=O)c2cc3cccc(Br)c3o2)C1. The Hall–Kier alpha value is -1.82. The van der Waals surface area contributed by atoms with Crippen molar-refractivity contribution in [2.45, 2.75) is 6.42 Å². The van der Waals surface area contributed by atoms with E-state index in [2.05, 4.69) is 15.9 Å². The van der Waals surface area contributed by atoms with Crippen molar-refractivity contribution in [1.82, 2.24) is 4.90 Å². The first-order valence-electron chi connectivity index (χ1n) is 6.33. The molecule has 0 aliphatic carbocycles. The summed E-state index contributed by atoms with van der Waals surface area (Å²) < 4.78 is 6.43. The van der Waals surface area contributed by atoms with Crippen LogP contribution in [-0.4, -0.2) is 29.8 Å². The standard InChI is InChI=1S/C14H13BrN2O3/c15-10-3-1-2-8-6-11(20-12(8)10)14(19)17-5-4-9(7-17)13(16)18/h1-3,6,9H,4-5,7H2,(H2,16,18)/t9-/m0/s1. The first-order valence-corrected chi connectivity index (χ1v) is 7.12. The van der Waals surface area contributed by atoms with E-state index in [0.717, 1.165) is 9.86 Å². The van der Waals surface area contributed by atoms with Gasteiger partial charge in [0.25, 0.3) is 5.91 Å². The summed E-state index contributed by atoms with van der Waals surface area (Å²) in [5.41, 5.74) is 5.93. The number of amides is 2. The van der Waals surface area contributed by atoms with E-state index in [1.165, 1.54) is 0 Å². The molecule has 0 bridgehead atoms. The molecular formula is C14H13BrN2O3. The summed E-state index contributed by atoms with van der Waals surface area (Å²) in [5, 5.41) is 0.869. The summed E-state index contributed by atoms with van der Waals surface area (Å²) in [7, 11) is 0. The molecule has 2 N–H and O–H groups in total. The van der Waals surface area contributed by atoms with Crippen LogP contribution in [0.3, 0.4) is 0 Å². The van der Waals surface area contributed by atoms with Crippen molar-refractivity contribution in [3.8, 4) is 0 Å². The van der Waals surface area contributed by atoms with Crippen LogP contribution in [0.2, 0.25) is 0 Å². The second-order valence-corrected chi connectivity index (χ2v) is 5.76. The summed E-state index contributed by atoms with van der Waals surface area (Å²) in [6.07, 6.45) is 0.616. The van der Waals surface area contributed by atoms with E-state index in [-0.39, 0.29) is 23.5 Å². The molecule has 20 heavy (non-hydrogen) atoms. The van der Waals surface area contributed by atoms with E-state index in [9.17, 15) is 9.59 Å². The lowest BCUT2D eigenvalue weighted by Gasteiger charge is -2.13. The predicted octanol–water partition coefficient (Wildman–Crippen LogP) is 2.14. The Kier molecular flexibility index (Phi) is 3.25. The number of likely N-dealkylation sites (tertiary alicyclic amines) is 1. The minimum atomic E-state index is -0.354. The summed E-state index contributed by atoms with van der Waals surface area (Å²) >= 11 is 3.39. The smallest absolute Gasteiger partial charge is 0.289 e. The van der Waals surface area contributed by atoms with Crippen LogP contribution in [0.15, 0.2) is 33.2 Å². The largest absolute Gasteiger partial charge is 0.450 e. The number of primary amides is 1. The second kappa shape index (κ2) is 4.94. The highest BCUT2D eigenvalue weighted by Crippen LogP contribution is 2.28. The fourth-order valence-electron chi connectivity index (χ4n) is 2.47. The van der Waals surface area contributed by atoms with Crippen LogP contribution in [0.5, 0.6) is 0 Å². The van der Waals surface area contributed by atoms with E-state index in [1.807, 2.05) is 18.2 Å². The van der Waals surface area contributed by atoms with Crippen molar-refractivity contribution >= 4 is 38.7 Å². The fourth-order valence-corrected chi connectivity index (χ4v) is 2.93. The Morgan fingerprint density at radius 1 is 1.40 bits per heavy atom. The third-order valence-corrected chi connectivity index (χ3v) is 4.21. The minimum absolute atomic E-state index is 0.197. The molecule has 2 amide bonds. The number of rotatable bonds is 2. The van der Waals surface area contributed by atoms with E-state index in [4.69, 9.17) is 10.2 Å². The molecule has 1 aliphatic rings. The molecular weight excluding hydrogens is 324 g/mol. The molecule has 6 heteroatoms. The zero-order valence-corrected chi connectivity index (χ0v) is 12.2. The minimum Gasteiger partial charge on any atom is -0.450 e. The zero-order valence-electron chi connectivity index (χ0n) is 10.6. The molecule has 1 atom stereocenters. The number of nitrogens with two attached hydrogens (primary N) is 1. The molecule has 1 aliphatic heterocycles. The number of fused-ring (bicyclic) bond motifs is 1. The summed E-state index contributed by atoms with van der Waals surface area (Å²) in [6.45, 7) is 0.900. The van der Waals surface area contributed by atoms with E-state index in [0.29, 0.717) is 25.1 Å². The lowest BCUT2D eigenvalue weighted by atomic mass is 10.1. The molecule has 2 aromatic rings. The van der Waals surface area contributed by atoms with Gasteiger partial charge in [-0.05, 0) is 34.5 Å². The van der Waals surface area contributed by atoms with Crippen LogP contribution in [0.4, 0.5) is 0 Å². The molecule has 0 radical (unpaired) electrons. The van der Waals surface area contributed by atoms with Gasteiger partial charge in [-0.2, -0.15) is 0 Å². The monoisotopic (exact) mass is 336 g/mol. The number of halogens is 1. The first kappa shape index (κ1) is 13.2. The van der Waals surface area contributed by atoms with Crippen molar-refractivity contribution < 1.29 is 14.0 Å².